The Morgan fingerprint density at radius 2 is 2.00 bits per heavy atom. The summed E-state index contributed by atoms with van der Waals surface area (Å²) < 4.78 is 0. The maximum Gasteiger partial charge on any atom is 0.317 e. The third-order valence-corrected chi connectivity index (χ3v) is 6.33. The van der Waals surface area contributed by atoms with Crippen LogP contribution >= 0.6 is 0 Å². The van der Waals surface area contributed by atoms with Crippen LogP contribution in [-0.2, 0) is 4.79 Å². The van der Waals surface area contributed by atoms with Crippen molar-refractivity contribution in [1.82, 2.24) is 20.0 Å². The van der Waals surface area contributed by atoms with Gasteiger partial charge in [0.1, 0.15) is 0 Å². The Labute approximate surface area is 150 Å². The zero-order valence-corrected chi connectivity index (χ0v) is 15.5. The average Bonchev–Trinajstić information content (AvgIpc) is 2.55. The van der Waals surface area contributed by atoms with Gasteiger partial charge >= 0.3 is 12.0 Å². The first-order valence-electron chi connectivity index (χ1n) is 9.69. The maximum atomic E-state index is 12.6. The molecule has 7 nitrogen and oxygen atoms in total. The van der Waals surface area contributed by atoms with Crippen LogP contribution in [-0.4, -0.2) is 89.7 Å². The van der Waals surface area contributed by atoms with Gasteiger partial charge in [-0.2, -0.15) is 0 Å². The highest BCUT2D eigenvalue weighted by Gasteiger charge is 2.38. The highest BCUT2D eigenvalue weighted by atomic mass is 16.4. The molecule has 1 saturated carbocycles. The second-order valence-electron chi connectivity index (χ2n) is 7.91. The van der Waals surface area contributed by atoms with E-state index in [0.717, 1.165) is 38.9 Å². The number of piperidine rings is 2. The number of aliphatic carboxylic acids is 1. The van der Waals surface area contributed by atoms with E-state index in [1.54, 1.807) is 0 Å². The topological polar surface area (TPSA) is 76.1 Å². The fraction of sp³-hybridized carbons (Fsp3) is 0.889. The lowest BCUT2D eigenvalue weighted by atomic mass is 9.84. The summed E-state index contributed by atoms with van der Waals surface area (Å²) in [6, 6.07) is 1.17. The van der Waals surface area contributed by atoms with Crippen molar-refractivity contribution >= 4 is 12.0 Å². The molecule has 0 radical (unpaired) electrons. The summed E-state index contributed by atoms with van der Waals surface area (Å²) in [5, 5.41) is 12.1. The quantitative estimate of drug-likeness (QED) is 0.773. The molecule has 3 aliphatic rings. The molecule has 2 amide bonds. The van der Waals surface area contributed by atoms with Gasteiger partial charge in [0.25, 0.3) is 0 Å². The second-order valence-corrected chi connectivity index (χ2v) is 7.91. The minimum atomic E-state index is -0.783. The predicted molar refractivity (Wildman–Crippen MR) is 95.6 cm³/mol. The summed E-state index contributed by atoms with van der Waals surface area (Å²) in [6.07, 6.45) is 5.24. The summed E-state index contributed by atoms with van der Waals surface area (Å²) in [4.78, 5) is 29.9. The first-order valence-corrected chi connectivity index (χ1v) is 9.69. The van der Waals surface area contributed by atoms with Crippen LogP contribution in [0.3, 0.4) is 0 Å². The van der Waals surface area contributed by atoms with Crippen molar-refractivity contribution in [2.45, 2.75) is 57.2 Å². The molecule has 0 spiro atoms. The lowest BCUT2D eigenvalue weighted by molar-refractivity contribution is -0.139. The van der Waals surface area contributed by atoms with Crippen molar-refractivity contribution in [3.8, 4) is 0 Å². The molecule has 0 aromatic rings. The number of amides is 2. The molecule has 0 aromatic heterocycles. The number of likely N-dealkylation sites (N-methyl/N-ethyl adjacent to an activating group) is 1. The van der Waals surface area contributed by atoms with Crippen LogP contribution in [0.4, 0.5) is 4.79 Å². The van der Waals surface area contributed by atoms with E-state index in [1.807, 2.05) is 16.7 Å². The van der Waals surface area contributed by atoms with Gasteiger partial charge in [-0.05, 0) is 58.2 Å². The molecule has 2 heterocycles. The molecule has 3 fully saturated rings. The van der Waals surface area contributed by atoms with Gasteiger partial charge < -0.3 is 20.2 Å². The van der Waals surface area contributed by atoms with E-state index in [-0.39, 0.29) is 24.7 Å². The van der Waals surface area contributed by atoms with Crippen molar-refractivity contribution in [3.05, 3.63) is 0 Å². The van der Waals surface area contributed by atoms with Crippen LogP contribution < -0.4 is 5.32 Å². The Morgan fingerprint density at radius 1 is 1.24 bits per heavy atom. The average molecular weight is 352 g/mol. The number of carboxylic acids is 1. The van der Waals surface area contributed by atoms with E-state index in [2.05, 4.69) is 17.3 Å². The highest BCUT2D eigenvalue weighted by Crippen LogP contribution is 2.30. The first kappa shape index (κ1) is 18.5. The molecule has 0 aromatic carbocycles. The van der Waals surface area contributed by atoms with Gasteiger partial charge in [-0.25, -0.2) is 4.79 Å². The van der Waals surface area contributed by atoms with Crippen molar-refractivity contribution in [3.63, 3.8) is 0 Å². The van der Waals surface area contributed by atoms with E-state index in [1.165, 1.54) is 19.4 Å². The number of rotatable bonds is 5. The number of urea groups is 1. The van der Waals surface area contributed by atoms with Crippen LogP contribution in [0.5, 0.6) is 0 Å². The molecular formula is C18H32N4O3. The van der Waals surface area contributed by atoms with Gasteiger partial charge in [-0.15, -0.1) is 0 Å². The Morgan fingerprint density at radius 3 is 2.68 bits per heavy atom. The normalized spacial score (nSPS) is 32.8. The van der Waals surface area contributed by atoms with E-state index in [4.69, 9.17) is 5.11 Å². The van der Waals surface area contributed by atoms with Crippen molar-refractivity contribution in [1.29, 1.82) is 0 Å². The molecule has 2 N–H and O–H groups in total. The third-order valence-electron chi connectivity index (χ3n) is 6.33. The number of fused-ring (bicyclic) bond motifs is 1. The zero-order valence-electron chi connectivity index (χ0n) is 15.5. The predicted octanol–water partition coefficient (Wildman–Crippen LogP) is 1.05. The molecule has 25 heavy (non-hydrogen) atoms. The summed E-state index contributed by atoms with van der Waals surface area (Å²) in [6.45, 7) is 5.71. The van der Waals surface area contributed by atoms with Gasteiger partial charge in [0.2, 0.25) is 0 Å². The minimum Gasteiger partial charge on any atom is -0.480 e. The first-order chi connectivity index (χ1) is 12.0. The largest absolute Gasteiger partial charge is 0.480 e. The fourth-order valence-electron chi connectivity index (χ4n) is 4.78. The van der Waals surface area contributed by atoms with Crippen LogP contribution in [0.15, 0.2) is 0 Å². The number of carboxylic acid groups (broad SMARTS) is 1. The molecule has 2 saturated heterocycles. The summed E-state index contributed by atoms with van der Waals surface area (Å²) in [7, 11) is 2.21. The summed E-state index contributed by atoms with van der Waals surface area (Å²) >= 11 is 0. The van der Waals surface area contributed by atoms with Crippen molar-refractivity contribution in [2.24, 2.45) is 5.92 Å². The van der Waals surface area contributed by atoms with Crippen LogP contribution in [0, 0.1) is 5.92 Å². The van der Waals surface area contributed by atoms with Crippen LogP contribution in [0.2, 0.25) is 0 Å². The second kappa shape index (κ2) is 7.91. The molecule has 1 aliphatic carbocycles. The number of carbonyl (C=O) groups excluding carboxylic acids is 1. The van der Waals surface area contributed by atoms with E-state index in [9.17, 15) is 9.59 Å². The molecule has 0 bridgehead atoms. The number of likely N-dealkylation sites (tertiary alicyclic amines) is 2. The fourth-order valence-corrected chi connectivity index (χ4v) is 4.78. The number of hydrogen-bond acceptors (Lipinski definition) is 4. The van der Waals surface area contributed by atoms with Crippen LogP contribution in [0.1, 0.15) is 39.0 Å². The monoisotopic (exact) mass is 352 g/mol. The summed E-state index contributed by atoms with van der Waals surface area (Å²) in [5.74, 6) is -0.173. The van der Waals surface area contributed by atoms with Crippen LogP contribution in [0.25, 0.3) is 0 Å². The molecule has 7 heteroatoms. The number of carbonyl (C=O) groups is 2. The van der Waals surface area contributed by atoms with Gasteiger partial charge in [-0.3, -0.25) is 9.69 Å². The maximum absolute atomic E-state index is 12.6. The number of nitrogens with zero attached hydrogens (tertiary/aromatic N) is 3. The number of hydrogen-bond donors (Lipinski definition) is 2. The SMILES string of the molecule is CCN(CC(=O)O)C1CC(NC(=O)N2CCC3C(CCCN3C)C2)C1. The van der Waals surface area contributed by atoms with E-state index in [0.29, 0.717) is 12.0 Å². The Hall–Kier alpha value is -1.34. The lowest BCUT2D eigenvalue weighted by Crippen LogP contribution is -2.59. The smallest absolute Gasteiger partial charge is 0.317 e. The molecule has 3 rings (SSSR count). The standard InChI is InChI=1S/C18H32N4O3/c1-3-21(12-17(23)24)15-9-14(10-15)19-18(25)22-8-6-16-13(11-22)5-4-7-20(16)2/h13-16H,3-12H2,1-2H3,(H,19,25)(H,23,24). The molecular weight excluding hydrogens is 320 g/mol. The summed E-state index contributed by atoms with van der Waals surface area (Å²) in [5.41, 5.74) is 0. The molecule has 2 aliphatic heterocycles. The molecule has 142 valence electrons. The van der Waals surface area contributed by atoms with Gasteiger partial charge in [0.05, 0.1) is 6.54 Å². The number of nitrogens with one attached hydrogen (secondary N) is 1. The van der Waals surface area contributed by atoms with Crippen molar-refractivity contribution < 1.29 is 14.7 Å². The highest BCUT2D eigenvalue weighted by molar-refractivity contribution is 5.75. The minimum absolute atomic E-state index is 0.0661. The molecule has 2 atom stereocenters. The van der Waals surface area contributed by atoms with Gasteiger partial charge in [-0.1, -0.05) is 6.92 Å². The Balaban J connectivity index is 1.42. The van der Waals surface area contributed by atoms with Crippen molar-refractivity contribution in [2.75, 3.05) is 39.8 Å². The van der Waals surface area contributed by atoms with E-state index < -0.39 is 5.97 Å². The van der Waals surface area contributed by atoms with Gasteiger partial charge in [0, 0.05) is 31.2 Å². The molecule has 2 unspecified atom stereocenters. The lowest BCUT2D eigenvalue weighted by Gasteiger charge is -2.47. The third kappa shape index (κ3) is 4.26. The van der Waals surface area contributed by atoms with Gasteiger partial charge in [0.15, 0.2) is 0 Å². The van der Waals surface area contributed by atoms with E-state index >= 15 is 0 Å². The Kier molecular flexibility index (Phi) is 5.84. The Bertz CT molecular complexity index is 495. The zero-order chi connectivity index (χ0) is 18.0.